The first-order chi connectivity index (χ1) is 7.24. The molecule has 0 saturated carbocycles. The summed E-state index contributed by atoms with van der Waals surface area (Å²) in [7, 11) is 0. The molecular formula is C14H14O. The minimum Gasteiger partial charge on any atom is -0.295 e. The molecule has 1 rings (SSSR count). The molecular weight excluding hydrogens is 184 g/mol. The lowest BCUT2D eigenvalue weighted by Crippen LogP contribution is -1.86. The Morgan fingerprint density at radius 1 is 1.27 bits per heavy atom. The summed E-state index contributed by atoms with van der Waals surface area (Å²) in [5.74, 6) is 0.0440. The Balaban J connectivity index is 3.07. The highest BCUT2D eigenvalue weighted by Crippen LogP contribution is 2.15. The molecule has 0 saturated heterocycles. The summed E-state index contributed by atoms with van der Waals surface area (Å²) in [6, 6.07) is 9.80. The van der Waals surface area contributed by atoms with E-state index in [-0.39, 0.29) is 5.78 Å². The van der Waals surface area contributed by atoms with Gasteiger partial charge in [0.15, 0.2) is 5.78 Å². The largest absolute Gasteiger partial charge is 0.295 e. The van der Waals surface area contributed by atoms with Gasteiger partial charge in [0.1, 0.15) is 0 Å². The molecule has 0 aliphatic carbocycles. The molecule has 0 bridgehead atoms. The summed E-state index contributed by atoms with van der Waals surface area (Å²) in [5, 5.41) is 0. The van der Waals surface area contributed by atoms with Crippen LogP contribution in [0.4, 0.5) is 0 Å². The predicted molar refractivity (Wildman–Crippen MR) is 64.4 cm³/mol. The quantitative estimate of drug-likeness (QED) is 0.535. The minimum absolute atomic E-state index is 0.0440. The topological polar surface area (TPSA) is 17.1 Å². The number of carbonyl (C=O) groups excluding carboxylic acids is 1. The number of rotatable bonds is 4. The second-order valence-electron chi connectivity index (χ2n) is 3.17. The molecule has 15 heavy (non-hydrogen) atoms. The maximum atomic E-state index is 11.1. The Bertz CT molecular complexity index is 397. The monoisotopic (exact) mass is 198 g/mol. The third-order valence-corrected chi connectivity index (χ3v) is 1.88. The molecule has 0 amide bonds. The van der Waals surface area contributed by atoms with Gasteiger partial charge >= 0.3 is 0 Å². The first-order valence-corrected chi connectivity index (χ1v) is 4.81. The van der Waals surface area contributed by atoms with Gasteiger partial charge in [0.2, 0.25) is 0 Å². The molecule has 76 valence electrons. The first-order valence-electron chi connectivity index (χ1n) is 4.81. The molecule has 0 radical (unpaired) electrons. The van der Waals surface area contributed by atoms with E-state index in [2.05, 4.69) is 6.58 Å². The molecule has 1 nitrogen and oxygen atoms in total. The van der Waals surface area contributed by atoms with Gasteiger partial charge in [-0.3, -0.25) is 4.79 Å². The smallest absolute Gasteiger partial charge is 0.153 e. The van der Waals surface area contributed by atoms with Crippen LogP contribution in [0.1, 0.15) is 12.5 Å². The Morgan fingerprint density at radius 3 is 2.47 bits per heavy atom. The predicted octanol–water partition coefficient (Wildman–Crippen LogP) is 3.40. The van der Waals surface area contributed by atoms with Crippen LogP contribution in [-0.4, -0.2) is 5.78 Å². The number of ketones is 1. The highest BCUT2D eigenvalue weighted by atomic mass is 16.1. The van der Waals surface area contributed by atoms with E-state index in [0.29, 0.717) is 0 Å². The Labute approximate surface area is 90.4 Å². The number of allylic oxidation sites excluding steroid dienone is 5. The minimum atomic E-state index is 0.0440. The lowest BCUT2D eigenvalue weighted by Gasteiger charge is -2.00. The van der Waals surface area contributed by atoms with Crippen LogP contribution in [0.5, 0.6) is 0 Å². The molecule has 1 heteroatoms. The SMILES string of the molecule is C=CC=CC(=CC(C)=O)c1ccccc1. The highest BCUT2D eigenvalue weighted by molar-refractivity contribution is 5.97. The highest BCUT2D eigenvalue weighted by Gasteiger charge is 1.97. The van der Waals surface area contributed by atoms with Crippen LogP contribution in [-0.2, 0) is 4.79 Å². The fourth-order valence-corrected chi connectivity index (χ4v) is 1.25. The molecule has 0 spiro atoms. The average Bonchev–Trinajstić information content (AvgIpc) is 2.25. The van der Waals surface area contributed by atoms with Crippen molar-refractivity contribution in [3.8, 4) is 0 Å². The van der Waals surface area contributed by atoms with Gasteiger partial charge in [0.25, 0.3) is 0 Å². The summed E-state index contributed by atoms with van der Waals surface area (Å²) in [6.45, 7) is 5.15. The Morgan fingerprint density at radius 2 is 1.93 bits per heavy atom. The molecule has 0 unspecified atom stereocenters. The standard InChI is InChI=1S/C14H14O/c1-3-4-8-14(11-12(2)15)13-9-6-5-7-10-13/h3-11H,1H2,2H3. The summed E-state index contributed by atoms with van der Waals surface area (Å²) < 4.78 is 0. The average molecular weight is 198 g/mol. The fraction of sp³-hybridized carbons (Fsp3) is 0.0714. The number of hydrogen-bond acceptors (Lipinski definition) is 1. The van der Waals surface area contributed by atoms with Crippen LogP contribution < -0.4 is 0 Å². The second kappa shape index (κ2) is 5.76. The van der Waals surface area contributed by atoms with Gasteiger partial charge in [0, 0.05) is 0 Å². The van der Waals surface area contributed by atoms with Crippen molar-refractivity contribution in [2.24, 2.45) is 0 Å². The van der Waals surface area contributed by atoms with Crippen molar-refractivity contribution in [3.05, 3.63) is 66.8 Å². The zero-order valence-corrected chi connectivity index (χ0v) is 8.81. The van der Waals surface area contributed by atoms with E-state index in [1.54, 1.807) is 19.1 Å². The Kier molecular flexibility index (Phi) is 4.30. The van der Waals surface area contributed by atoms with Gasteiger partial charge in [-0.15, -0.1) is 0 Å². The first kappa shape index (κ1) is 11.2. The van der Waals surface area contributed by atoms with Crippen molar-refractivity contribution in [1.82, 2.24) is 0 Å². The van der Waals surface area contributed by atoms with E-state index in [1.807, 2.05) is 42.5 Å². The lowest BCUT2D eigenvalue weighted by molar-refractivity contribution is -0.112. The van der Waals surface area contributed by atoms with E-state index >= 15 is 0 Å². The van der Waals surface area contributed by atoms with Gasteiger partial charge in [-0.05, 0) is 24.1 Å². The number of carbonyl (C=O) groups is 1. The zero-order chi connectivity index (χ0) is 11.1. The molecule has 0 heterocycles. The van der Waals surface area contributed by atoms with Gasteiger partial charge < -0.3 is 0 Å². The van der Waals surface area contributed by atoms with Crippen LogP contribution >= 0.6 is 0 Å². The van der Waals surface area contributed by atoms with Crippen molar-refractivity contribution < 1.29 is 4.79 Å². The number of benzene rings is 1. The molecule has 0 aliphatic heterocycles. The summed E-state index contributed by atoms with van der Waals surface area (Å²) in [4.78, 5) is 11.1. The molecule has 0 N–H and O–H groups in total. The van der Waals surface area contributed by atoms with Gasteiger partial charge in [-0.2, -0.15) is 0 Å². The van der Waals surface area contributed by atoms with Crippen LogP contribution in [0.15, 0.2) is 61.2 Å². The third kappa shape index (κ3) is 3.77. The van der Waals surface area contributed by atoms with Crippen molar-refractivity contribution in [2.75, 3.05) is 0 Å². The fourth-order valence-electron chi connectivity index (χ4n) is 1.25. The van der Waals surface area contributed by atoms with E-state index in [9.17, 15) is 4.79 Å². The molecule has 1 aromatic rings. The van der Waals surface area contributed by atoms with Gasteiger partial charge in [0.05, 0.1) is 0 Å². The van der Waals surface area contributed by atoms with E-state index < -0.39 is 0 Å². The summed E-state index contributed by atoms with van der Waals surface area (Å²) in [6.07, 6.45) is 7.01. The maximum absolute atomic E-state index is 11.1. The Hall–Kier alpha value is -1.89. The van der Waals surface area contributed by atoms with E-state index in [1.165, 1.54) is 0 Å². The van der Waals surface area contributed by atoms with Crippen LogP contribution in [0.2, 0.25) is 0 Å². The van der Waals surface area contributed by atoms with Crippen molar-refractivity contribution in [3.63, 3.8) is 0 Å². The molecule has 0 aliphatic rings. The van der Waals surface area contributed by atoms with Crippen LogP contribution in [0.25, 0.3) is 5.57 Å². The van der Waals surface area contributed by atoms with E-state index in [4.69, 9.17) is 0 Å². The second-order valence-corrected chi connectivity index (χ2v) is 3.17. The van der Waals surface area contributed by atoms with Crippen molar-refractivity contribution >= 4 is 11.4 Å². The molecule has 0 aromatic heterocycles. The number of hydrogen-bond donors (Lipinski definition) is 0. The summed E-state index contributed by atoms with van der Waals surface area (Å²) >= 11 is 0. The van der Waals surface area contributed by atoms with Gasteiger partial charge in [-0.25, -0.2) is 0 Å². The molecule has 1 aromatic carbocycles. The third-order valence-electron chi connectivity index (χ3n) is 1.88. The lowest BCUT2D eigenvalue weighted by atomic mass is 10.0. The van der Waals surface area contributed by atoms with Crippen molar-refractivity contribution in [2.45, 2.75) is 6.92 Å². The normalized spacial score (nSPS) is 11.7. The van der Waals surface area contributed by atoms with Gasteiger partial charge in [-0.1, -0.05) is 55.1 Å². The van der Waals surface area contributed by atoms with E-state index in [0.717, 1.165) is 11.1 Å². The van der Waals surface area contributed by atoms with Crippen molar-refractivity contribution in [1.29, 1.82) is 0 Å². The zero-order valence-electron chi connectivity index (χ0n) is 8.81. The summed E-state index contributed by atoms with van der Waals surface area (Å²) in [5.41, 5.74) is 1.94. The van der Waals surface area contributed by atoms with Crippen LogP contribution in [0, 0.1) is 0 Å². The van der Waals surface area contributed by atoms with Crippen LogP contribution in [0.3, 0.4) is 0 Å². The molecule has 0 fully saturated rings. The maximum Gasteiger partial charge on any atom is 0.153 e. The molecule has 0 atom stereocenters.